The second kappa shape index (κ2) is 9.23. The Kier molecular flexibility index (Phi) is 6.00. The minimum atomic E-state index is -0.377. The van der Waals surface area contributed by atoms with Gasteiger partial charge in [0.15, 0.2) is 0 Å². The Morgan fingerprint density at radius 2 is 2.06 bits per heavy atom. The van der Waals surface area contributed by atoms with Gasteiger partial charge < -0.3 is 9.88 Å². The van der Waals surface area contributed by atoms with E-state index in [2.05, 4.69) is 14.9 Å². The summed E-state index contributed by atoms with van der Waals surface area (Å²) in [6, 6.07) is 10.00. The van der Waals surface area contributed by atoms with Gasteiger partial charge in [-0.05, 0) is 36.1 Å². The van der Waals surface area contributed by atoms with Gasteiger partial charge >= 0.3 is 0 Å². The van der Waals surface area contributed by atoms with E-state index in [9.17, 15) is 14.0 Å². The number of hydrogen-bond donors (Lipinski definition) is 1. The van der Waals surface area contributed by atoms with Gasteiger partial charge in [-0.25, -0.2) is 9.37 Å². The van der Waals surface area contributed by atoms with E-state index in [0.29, 0.717) is 36.5 Å². The molecule has 1 N–H and O–H groups in total. The molecule has 1 aromatic carbocycles. The van der Waals surface area contributed by atoms with Crippen LogP contribution in [0.1, 0.15) is 47.1 Å². The number of aromatic amines is 1. The Labute approximate surface area is 191 Å². The van der Waals surface area contributed by atoms with Crippen molar-refractivity contribution in [3.8, 4) is 0 Å². The van der Waals surface area contributed by atoms with Gasteiger partial charge in [0.25, 0.3) is 5.56 Å². The molecule has 0 bridgehead atoms. The number of aromatic nitrogens is 3. The Hall–Kier alpha value is -3.39. The predicted molar refractivity (Wildman–Crippen MR) is 121 cm³/mol. The van der Waals surface area contributed by atoms with Crippen LogP contribution in [0.3, 0.4) is 0 Å². The molecule has 0 aliphatic carbocycles. The van der Waals surface area contributed by atoms with E-state index in [-0.39, 0.29) is 29.7 Å². The van der Waals surface area contributed by atoms with Gasteiger partial charge in [0, 0.05) is 45.0 Å². The number of pyridine rings is 1. The van der Waals surface area contributed by atoms with Crippen molar-refractivity contribution >= 4 is 5.91 Å². The molecule has 0 spiro atoms. The van der Waals surface area contributed by atoms with Crippen molar-refractivity contribution in [2.45, 2.75) is 44.8 Å². The molecule has 2 aromatic heterocycles. The lowest BCUT2D eigenvalue weighted by Crippen LogP contribution is -2.38. The summed E-state index contributed by atoms with van der Waals surface area (Å²) in [6.45, 7) is 2.65. The van der Waals surface area contributed by atoms with E-state index in [1.54, 1.807) is 29.3 Å². The summed E-state index contributed by atoms with van der Waals surface area (Å²) < 4.78 is 14.0. The maximum atomic E-state index is 14.0. The molecular formula is C25H26FN5O2. The Bertz CT molecular complexity index is 1210. The highest BCUT2D eigenvalue weighted by atomic mass is 19.1. The smallest absolute Gasteiger partial charge is 0.255 e. The van der Waals surface area contributed by atoms with Crippen LogP contribution in [0.4, 0.5) is 4.39 Å². The first-order chi connectivity index (χ1) is 16.1. The second-order valence-electron chi connectivity index (χ2n) is 8.71. The van der Waals surface area contributed by atoms with Gasteiger partial charge in [0.1, 0.15) is 11.6 Å². The highest BCUT2D eigenvalue weighted by Crippen LogP contribution is 2.31. The summed E-state index contributed by atoms with van der Waals surface area (Å²) >= 11 is 0. The Morgan fingerprint density at radius 3 is 2.88 bits per heavy atom. The number of H-pyrrole nitrogens is 1. The maximum Gasteiger partial charge on any atom is 0.255 e. The summed E-state index contributed by atoms with van der Waals surface area (Å²) in [4.78, 5) is 41.8. The molecule has 4 heterocycles. The lowest BCUT2D eigenvalue weighted by atomic mass is 10.1. The topological polar surface area (TPSA) is 82.2 Å². The predicted octanol–water partition coefficient (Wildman–Crippen LogP) is 2.77. The van der Waals surface area contributed by atoms with Gasteiger partial charge in [-0.2, -0.15) is 0 Å². The highest BCUT2D eigenvalue weighted by Gasteiger charge is 2.33. The molecule has 1 saturated heterocycles. The number of likely N-dealkylation sites (tertiary alicyclic amines) is 1. The largest absolute Gasteiger partial charge is 0.332 e. The number of halogens is 1. The number of benzene rings is 1. The summed E-state index contributed by atoms with van der Waals surface area (Å²) in [5, 5.41) is 0. The SMILES string of the molecule is O=C(Cc1ccccc1F)N1CCC[C@H]1c1nc2c(c(=O)[nH]1)CN(Cc1cccnc1)CC2. The molecule has 2 aliphatic rings. The number of carbonyl (C=O) groups is 1. The van der Waals surface area contributed by atoms with Crippen molar-refractivity contribution in [1.29, 1.82) is 0 Å². The molecule has 170 valence electrons. The Morgan fingerprint density at radius 1 is 1.18 bits per heavy atom. The monoisotopic (exact) mass is 447 g/mol. The summed E-state index contributed by atoms with van der Waals surface area (Å²) in [5.41, 5.74) is 2.85. The standard InChI is InChI=1S/C25H26FN5O2/c26-20-7-2-1-6-18(20)13-23(32)31-11-4-8-22(31)24-28-21-9-12-30(16-19(21)25(33)29-24)15-17-5-3-10-27-14-17/h1-3,5-7,10,14,22H,4,8-9,11-13,15-16H2,(H,28,29,33)/t22-/m0/s1. The quantitative estimate of drug-likeness (QED) is 0.651. The fraction of sp³-hybridized carbons (Fsp3) is 0.360. The van der Waals surface area contributed by atoms with Gasteiger partial charge in [0.2, 0.25) is 5.91 Å². The van der Waals surface area contributed by atoms with Crippen LogP contribution in [0.25, 0.3) is 0 Å². The van der Waals surface area contributed by atoms with Crippen molar-refractivity contribution in [3.05, 3.63) is 93.2 Å². The maximum absolute atomic E-state index is 14.0. The number of carbonyl (C=O) groups excluding carboxylic acids is 1. The van der Waals surface area contributed by atoms with Gasteiger partial charge in [-0.1, -0.05) is 24.3 Å². The summed E-state index contributed by atoms with van der Waals surface area (Å²) in [7, 11) is 0. The molecule has 5 rings (SSSR count). The van der Waals surface area contributed by atoms with E-state index in [4.69, 9.17) is 4.98 Å². The lowest BCUT2D eigenvalue weighted by molar-refractivity contribution is -0.131. The van der Waals surface area contributed by atoms with Crippen molar-refractivity contribution in [3.63, 3.8) is 0 Å². The van der Waals surface area contributed by atoms with E-state index < -0.39 is 0 Å². The zero-order chi connectivity index (χ0) is 22.8. The molecule has 1 atom stereocenters. The molecule has 3 aromatic rings. The molecule has 1 fully saturated rings. The van der Waals surface area contributed by atoms with Crippen molar-refractivity contribution in [2.24, 2.45) is 0 Å². The van der Waals surface area contributed by atoms with Crippen LogP contribution in [-0.2, 0) is 30.7 Å². The number of amides is 1. The van der Waals surface area contributed by atoms with Crippen LogP contribution in [0.15, 0.2) is 53.6 Å². The van der Waals surface area contributed by atoms with Crippen LogP contribution >= 0.6 is 0 Å². The molecule has 7 nitrogen and oxygen atoms in total. The van der Waals surface area contributed by atoms with Gasteiger partial charge in [-0.15, -0.1) is 0 Å². The fourth-order valence-electron chi connectivity index (χ4n) is 4.80. The van der Waals surface area contributed by atoms with Crippen LogP contribution in [0.2, 0.25) is 0 Å². The summed E-state index contributed by atoms with van der Waals surface area (Å²) in [5.74, 6) is 0.0159. The number of fused-ring (bicyclic) bond motifs is 1. The van der Waals surface area contributed by atoms with Gasteiger partial charge in [0.05, 0.1) is 23.7 Å². The first kappa shape index (κ1) is 21.5. The first-order valence-corrected chi connectivity index (χ1v) is 11.3. The minimum Gasteiger partial charge on any atom is -0.332 e. The van der Waals surface area contributed by atoms with Crippen LogP contribution in [0, 0.1) is 5.82 Å². The zero-order valence-electron chi connectivity index (χ0n) is 18.3. The molecule has 0 radical (unpaired) electrons. The third-order valence-corrected chi connectivity index (χ3v) is 6.48. The molecule has 0 unspecified atom stereocenters. The van der Waals surface area contributed by atoms with Crippen LogP contribution in [0.5, 0.6) is 0 Å². The minimum absolute atomic E-state index is 0.00164. The third kappa shape index (κ3) is 4.57. The highest BCUT2D eigenvalue weighted by molar-refractivity contribution is 5.79. The van der Waals surface area contributed by atoms with Crippen LogP contribution < -0.4 is 5.56 Å². The zero-order valence-corrected chi connectivity index (χ0v) is 18.3. The van der Waals surface area contributed by atoms with E-state index in [1.807, 2.05) is 18.3 Å². The fourth-order valence-corrected chi connectivity index (χ4v) is 4.80. The average Bonchev–Trinajstić information content (AvgIpc) is 3.32. The molecule has 8 heteroatoms. The first-order valence-electron chi connectivity index (χ1n) is 11.3. The van der Waals surface area contributed by atoms with E-state index in [1.165, 1.54) is 6.07 Å². The summed E-state index contributed by atoms with van der Waals surface area (Å²) in [6.07, 6.45) is 5.84. The average molecular weight is 448 g/mol. The number of rotatable bonds is 5. The normalized spacial score (nSPS) is 18.3. The lowest BCUT2D eigenvalue weighted by Gasteiger charge is -2.29. The van der Waals surface area contributed by atoms with E-state index >= 15 is 0 Å². The molecule has 0 saturated carbocycles. The van der Waals surface area contributed by atoms with Crippen molar-refractivity contribution in [2.75, 3.05) is 13.1 Å². The van der Waals surface area contributed by atoms with Crippen molar-refractivity contribution < 1.29 is 9.18 Å². The third-order valence-electron chi connectivity index (χ3n) is 6.48. The van der Waals surface area contributed by atoms with E-state index in [0.717, 1.165) is 37.2 Å². The Balaban J connectivity index is 1.33. The number of nitrogens with one attached hydrogen (secondary N) is 1. The molecular weight excluding hydrogens is 421 g/mol. The molecule has 1 amide bonds. The molecule has 2 aliphatic heterocycles. The van der Waals surface area contributed by atoms with Crippen LogP contribution in [-0.4, -0.2) is 43.7 Å². The van der Waals surface area contributed by atoms with Gasteiger partial charge in [-0.3, -0.25) is 19.5 Å². The second-order valence-corrected chi connectivity index (χ2v) is 8.71. The number of hydrogen-bond acceptors (Lipinski definition) is 5. The number of nitrogens with zero attached hydrogens (tertiary/aromatic N) is 4. The van der Waals surface area contributed by atoms with Crippen molar-refractivity contribution in [1.82, 2.24) is 24.8 Å². The molecule has 33 heavy (non-hydrogen) atoms.